The molecule has 1 aromatic rings. The summed E-state index contributed by atoms with van der Waals surface area (Å²) in [5, 5.41) is 5.24. The molecule has 25 heavy (non-hydrogen) atoms. The highest BCUT2D eigenvalue weighted by atomic mass is 16.5. The van der Waals surface area contributed by atoms with Crippen LogP contribution in [0.5, 0.6) is 5.75 Å². The maximum absolute atomic E-state index is 12.5. The molecule has 4 rings (SSSR count). The van der Waals surface area contributed by atoms with Gasteiger partial charge in [-0.1, -0.05) is 24.3 Å². The van der Waals surface area contributed by atoms with E-state index in [0.29, 0.717) is 11.4 Å². The van der Waals surface area contributed by atoms with E-state index in [4.69, 9.17) is 4.74 Å². The van der Waals surface area contributed by atoms with Crippen LogP contribution < -0.4 is 15.4 Å². The van der Waals surface area contributed by atoms with Gasteiger partial charge in [0.25, 0.3) is 0 Å². The second kappa shape index (κ2) is 5.91. The lowest BCUT2D eigenvalue weighted by Crippen LogP contribution is -2.43. The fourth-order valence-corrected chi connectivity index (χ4v) is 4.19. The highest BCUT2D eigenvalue weighted by Gasteiger charge is 2.59. The first-order chi connectivity index (χ1) is 12.1. The van der Waals surface area contributed by atoms with Gasteiger partial charge >= 0.3 is 6.03 Å². The van der Waals surface area contributed by atoms with Crippen molar-refractivity contribution < 1.29 is 19.1 Å². The number of para-hydroxylation sites is 2. The number of likely N-dealkylation sites (tertiary alicyclic amines) is 1. The van der Waals surface area contributed by atoms with E-state index >= 15 is 0 Å². The van der Waals surface area contributed by atoms with Crippen molar-refractivity contribution in [3.63, 3.8) is 0 Å². The largest absolute Gasteiger partial charge is 0.495 e. The molecule has 4 amide bonds. The molecule has 1 heterocycles. The number of hydrogen-bond donors (Lipinski definition) is 2. The second-order valence-electron chi connectivity index (χ2n) is 6.59. The number of rotatable bonds is 4. The van der Waals surface area contributed by atoms with Crippen LogP contribution in [0.1, 0.15) is 6.42 Å². The molecule has 4 unspecified atom stereocenters. The zero-order valence-electron chi connectivity index (χ0n) is 13.8. The molecule has 7 nitrogen and oxygen atoms in total. The van der Waals surface area contributed by atoms with Crippen molar-refractivity contribution >= 4 is 23.5 Å². The summed E-state index contributed by atoms with van der Waals surface area (Å²) in [5.41, 5.74) is 0.515. The molecule has 0 spiro atoms. The fraction of sp³-hybridized carbons (Fsp3) is 0.389. The second-order valence-corrected chi connectivity index (χ2v) is 6.59. The molecule has 3 aliphatic rings. The summed E-state index contributed by atoms with van der Waals surface area (Å²) in [6, 6.07) is 6.51. The molecule has 2 N–H and O–H groups in total. The van der Waals surface area contributed by atoms with Gasteiger partial charge in [0.1, 0.15) is 12.4 Å². The monoisotopic (exact) mass is 341 g/mol. The van der Waals surface area contributed by atoms with Crippen molar-refractivity contribution in [1.29, 1.82) is 0 Å². The number of urea groups is 1. The maximum Gasteiger partial charge on any atom is 0.320 e. The molecule has 130 valence electrons. The van der Waals surface area contributed by atoms with E-state index in [1.54, 1.807) is 24.3 Å². The SMILES string of the molecule is COc1ccccc1NC(=O)NCN1C(=O)C2C3C=CC(C3)C2C1=O. The lowest BCUT2D eigenvalue weighted by atomic mass is 9.85. The highest BCUT2D eigenvalue weighted by Crippen LogP contribution is 2.52. The predicted molar refractivity (Wildman–Crippen MR) is 89.6 cm³/mol. The summed E-state index contributed by atoms with van der Waals surface area (Å²) in [5.74, 6) is 0.0120. The van der Waals surface area contributed by atoms with Gasteiger partial charge in [-0.25, -0.2) is 4.79 Å². The molecule has 7 heteroatoms. The Morgan fingerprint density at radius 3 is 2.44 bits per heavy atom. The van der Waals surface area contributed by atoms with Gasteiger partial charge in [0, 0.05) is 0 Å². The number of allylic oxidation sites excluding steroid dienone is 2. The maximum atomic E-state index is 12.5. The molecule has 1 aromatic carbocycles. The summed E-state index contributed by atoms with van der Waals surface area (Å²) < 4.78 is 5.17. The Balaban J connectivity index is 1.38. The van der Waals surface area contributed by atoms with E-state index in [-0.39, 0.29) is 42.2 Å². The Labute approximate surface area is 145 Å². The van der Waals surface area contributed by atoms with E-state index in [1.165, 1.54) is 12.0 Å². The fourth-order valence-electron chi connectivity index (χ4n) is 4.19. The molecule has 1 aliphatic heterocycles. The normalized spacial score (nSPS) is 29.1. The smallest absolute Gasteiger partial charge is 0.320 e. The van der Waals surface area contributed by atoms with Crippen LogP contribution in [0, 0.1) is 23.7 Å². The minimum atomic E-state index is -0.497. The van der Waals surface area contributed by atoms with Crippen LogP contribution in [0.4, 0.5) is 10.5 Å². The van der Waals surface area contributed by atoms with E-state index in [9.17, 15) is 14.4 Å². The van der Waals surface area contributed by atoms with Gasteiger partial charge in [-0.2, -0.15) is 0 Å². The van der Waals surface area contributed by atoms with Crippen molar-refractivity contribution in [2.45, 2.75) is 6.42 Å². The molecular weight excluding hydrogens is 322 g/mol. The summed E-state index contributed by atoms with van der Waals surface area (Å²) in [7, 11) is 1.51. The zero-order chi connectivity index (χ0) is 17.6. The van der Waals surface area contributed by atoms with Gasteiger partial charge < -0.3 is 15.4 Å². The quantitative estimate of drug-likeness (QED) is 0.643. The number of amides is 4. The van der Waals surface area contributed by atoms with Crippen molar-refractivity contribution in [2.24, 2.45) is 23.7 Å². The van der Waals surface area contributed by atoms with Crippen LogP contribution in [0.2, 0.25) is 0 Å². The number of imide groups is 1. The van der Waals surface area contributed by atoms with Crippen LogP contribution in [0.3, 0.4) is 0 Å². The Bertz CT molecular complexity index is 745. The van der Waals surface area contributed by atoms with Gasteiger partial charge in [-0.15, -0.1) is 0 Å². The predicted octanol–water partition coefficient (Wildman–Crippen LogP) is 1.58. The van der Waals surface area contributed by atoms with E-state index in [1.807, 2.05) is 12.2 Å². The van der Waals surface area contributed by atoms with Gasteiger partial charge in [-0.05, 0) is 30.4 Å². The molecule has 1 saturated heterocycles. The van der Waals surface area contributed by atoms with Crippen LogP contribution in [-0.2, 0) is 9.59 Å². The highest BCUT2D eigenvalue weighted by molar-refractivity contribution is 6.06. The first-order valence-electron chi connectivity index (χ1n) is 8.31. The molecule has 0 radical (unpaired) electrons. The molecule has 2 bridgehead atoms. The number of hydrogen-bond acceptors (Lipinski definition) is 4. The minimum absolute atomic E-state index is 0.120. The third kappa shape index (κ3) is 2.47. The van der Waals surface area contributed by atoms with Crippen molar-refractivity contribution in [3.8, 4) is 5.75 Å². The summed E-state index contributed by atoms with van der Waals surface area (Å²) in [6.07, 6.45) is 4.98. The van der Waals surface area contributed by atoms with Gasteiger partial charge in [0.15, 0.2) is 0 Å². The summed E-state index contributed by atoms with van der Waals surface area (Å²) in [6.45, 7) is -0.120. The third-order valence-electron chi connectivity index (χ3n) is 5.31. The average Bonchev–Trinajstić information content (AvgIpc) is 3.28. The van der Waals surface area contributed by atoms with E-state index in [2.05, 4.69) is 10.6 Å². The van der Waals surface area contributed by atoms with E-state index in [0.717, 1.165) is 6.42 Å². The third-order valence-corrected chi connectivity index (χ3v) is 5.31. The van der Waals surface area contributed by atoms with Gasteiger partial charge in [0.05, 0.1) is 24.6 Å². The Hall–Kier alpha value is -2.83. The van der Waals surface area contributed by atoms with Gasteiger partial charge in [-0.3, -0.25) is 14.5 Å². The lowest BCUT2D eigenvalue weighted by Gasteiger charge is -2.18. The molecule has 2 fully saturated rings. The lowest BCUT2D eigenvalue weighted by molar-refractivity contribution is -0.140. The molecule has 1 saturated carbocycles. The van der Waals surface area contributed by atoms with Crippen molar-refractivity contribution in [3.05, 3.63) is 36.4 Å². The first-order valence-corrected chi connectivity index (χ1v) is 8.31. The summed E-state index contributed by atoms with van der Waals surface area (Å²) >= 11 is 0. The number of carbonyl (C=O) groups excluding carboxylic acids is 3. The van der Waals surface area contributed by atoms with Crippen molar-refractivity contribution in [1.82, 2.24) is 10.2 Å². The van der Waals surface area contributed by atoms with Crippen LogP contribution in [0.25, 0.3) is 0 Å². The number of nitrogens with zero attached hydrogens (tertiary/aromatic N) is 1. The molecule has 4 atom stereocenters. The van der Waals surface area contributed by atoms with Crippen LogP contribution in [-0.4, -0.2) is 36.5 Å². The van der Waals surface area contributed by atoms with Crippen molar-refractivity contribution in [2.75, 3.05) is 19.1 Å². The Morgan fingerprint density at radius 2 is 1.80 bits per heavy atom. The number of benzene rings is 1. The van der Waals surface area contributed by atoms with Crippen LogP contribution >= 0.6 is 0 Å². The average molecular weight is 341 g/mol. The molecule has 2 aliphatic carbocycles. The molecule has 0 aromatic heterocycles. The molecular formula is C18H19N3O4. The number of anilines is 1. The summed E-state index contributed by atoms with van der Waals surface area (Å²) in [4.78, 5) is 38.3. The zero-order valence-corrected chi connectivity index (χ0v) is 13.8. The van der Waals surface area contributed by atoms with E-state index < -0.39 is 6.03 Å². The minimum Gasteiger partial charge on any atom is -0.495 e. The number of nitrogens with one attached hydrogen (secondary N) is 2. The standard InChI is InChI=1S/C18H19N3O4/c1-25-13-5-3-2-4-12(13)20-18(24)19-9-21-16(22)14-10-6-7-11(8-10)15(14)17(21)23/h2-7,10-11,14-15H,8-9H2,1H3,(H2,19,20,24). The number of methoxy groups -OCH3 is 1. The first kappa shape index (κ1) is 15.7. The number of ether oxygens (including phenoxy) is 1. The Kier molecular flexibility index (Phi) is 3.71. The number of fused-ring (bicyclic) bond motifs is 5. The van der Waals surface area contributed by atoms with Crippen LogP contribution in [0.15, 0.2) is 36.4 Å². The Morgan fingerprint density at radius 1 is 1.16 bits per heavy atom. The van der Waals surface area contributed by atoms with Gasteiger partial charge in [0.2, 0.25) is 11.8 Å². The number of carbonyl (C=O) groups is 3. The topological polar surface area (TPSA) is 87.7 Å².